The van der Waals surface area contributed by atoms with E-state index in [2.05, 4.69) is 0 Å². The van der Waals surface area contributed by atoms with Gasteiger partial charge in [0.1, 0.15) is 11.2 Å². The van der Waals surface area contributed by atoms with Gasteiger partial charge in [-0.15, -0.1) is 0 Å². The van der Waals surface area contributed by atoms with Crippen molar-refractivity contribution in [3.05, 3.63) is 35.4 Å². The lowest BCUT2D eigenvalue weighted by Crippen LogP contribution is -2.23. The van der Waals surface area contributed by atoms with Crippen LogP contribution >= 0.6 is 0 Å². The van der Waals surface area contributed by atoms with Crippen LogP contribution in [-0.2, 0) is 20.7 Å². The van der Waals surface area contributed by atoms with Crippen LogP contribution in [0.5, 0.6) is 0 Å². The van der Waals surface area contributed by atoms with Crippen molar-refractivity contribution < 1.29 is 9.47 Å². The highest BCUT2D eigenvalue weighted by Gasteiger charge is 2.27. The Balaban J connectivity index is 3.15. The molecule has 0 N–H and O–H groups in total. The van der Waals surface area contributed by atoms with Gasteiger partial charge in [-0.1, -0.05) is 18.2 Å². The molecule has 0 aliphatic rings. The molecule has 94 valence electrons. The van der Waals surface area contributed by atoms with Gasteiger partial charge in [0.15, 0.2) is 0 Å². The first-order valence-electron chi connectivity index (χ1n) is 5.59. The molecule has 0 saturated heterocycles. The second-order valence-electron chi connectivity index (χ2n) is 4.99. The van der Waals surface area contributed by atoms with Gasteiger partial charge in [0, 0.05) is 0 Å². The molecule has 0 fully saturated rings. The van der Waals surface area contributed by atoms with E-state index in [4.69, 9.17) is 20.0 Å². The summed E-state index contributed by atoms with van der Waals surface area (Å²) in [5.74, 6) is 0. The molecule has 0 unspecified atom stereocenters. The van der Waals surface area contributed by atoms with Gasteiger partial charge in [0.25, 0.3) is 12.5 Å². The number of benzene rings is 1. The van der Waals surface area contributed by atoms with E-state index in [1.807, 2.05) is 52.0 Å². The Morgan fingerprint density at radius 1 is 0.889 bits per heavy atom. The van der Waals surface area contributed by atoms with Crippen molar-refractivity contribution in [1.29, 1.82) is 10.5 Å². The van der Waals surface area contributed by atoms with Crippen molar-refractivity contribution >= 4 is 0 Å². The standard InChI is InChI=1S/C14H16N2O2/c1-13(2,17-9-15)11-6-5-7-12(8-11)14(3,4)18-10-16/h5-8H,1-4H3. The van der Waals surface area contributed by atoms with Crippen LogP contribution < -0.4 is 0 Å². The number of rotatable bonds is 4. The number of ether oxygens (including phenoxy) is 2. The van der Waals surface area contributed by atoms with Gasteiger partial charge in [0.2, 0.25) is 0 Å². The molecule has 0 spiro atoms. The van der Waals surface area contributed by atoms with E-state index in [0.29, 0.717) is 0 Å². The molecule has 4 nitrogen and oxygen atoms in total. The van der Waals surface area contributed by atoms with Crippen LogP contribution in [0.2, 0.25) is 0 Å². The fourth-order valence-corrected chi connectivity index (χ4v) is 1.61. The summed E-state index contributed by atoms with van der Waals surface area (Å²) < 4.78 is 10.1. The summed E-state index contributed by atoms with van der Waals surface area (Å²) in [4.78, 5) is 0. The first-order chi connectivity index (χ1) is 8.33. The zero-order valence-electron chi connectivity index (χ0n) is 11.0. The Hall–Kier alpha value is -2.20. The molecule has 0 aromatic heterocycles. The van der Waals surface area contributed by atoms with Crippen molar-refractivity contribution in [2.24, 2.45) is 0 Å². The lowest BCUT2D eigenvalue weighted by molar-refractivity contribution is 0.0637. The van der Waals surface area contributed by atoms with E-state index in [-0.39, 0.29) is 0 Å². The molecule has 0 radical (unpaired) electrons. The molecule has 0 atom stereocenters. The maximum absolute atomic E-state index is 8.64. The lowest BCUT2D eigenvalue weighted by atomic mass is 9.91. The van der Waals surface area contributed by atoms with Crippen LogP contribution in [0.15, 0.2) is 24.3 Å². The molecule has 0 aliphatic carbocycles. The first kappa shape index (κ1) is 13.9. The summed E-state index contributed by atoms with van der Waals surface area (Å²) in [6.45, 7) is 7.25. The van der Waals surface area contributed by atoms with Crippen molar-refractivity contribution in [3.63, 3.8) is 0 Å². The van der Waals surface area contributed by atoms with Gasteiger partial charge in [-0.25, -0.2) is 0 Å². The topological polar surface area (TPSA) is 66.0 Å². The largest absolute Gasteiger partial charge is 0.417 e. The highest BCUT2D eigenvalue weighted by molar-refractivity contribution is 5.31. The fourth-order valence-electron chi connectivity index (χ4n) is 1.61. The molecule has 1 aromatic rings. The second kappa shape index (κ2) is 4.98. The molecule has 1 rings (SSSR count). The third-order valence-corrected chi connectivity index (χ3v) is 2.85. The zero-order chi connectivity index (χ0) is 13.8. The van der Waals surface area contributed by atoms with Gasteiger partial charge >= 0.3 is 0 Å². The normalized spacial score (nSPS) is 11.2. The Bertz CT molecular complexity index is 464. The summed E-state index contributed by atoms with van der Waals surface area (Å²) in [5.41, 5.74) is 0.313. The van der Waals surface area contributed by atoms with Crippen molar-refractivity contribution in [1.82, 2.24) is 0 Å². The smallest absolute Gasteiger partial charge is 0.287 e. The summed E-state index contributed by atoms with van der Waals surface area (Å²) in [6, 6.07) is 7.50. The molecule has 0 heterocycles. The lowest BCUT2D eigenvalue weighted by Gasteiger charge is -2.26. The Kier molecular flexibility index (Phi) is 3.83. The van der Waals surface area contributed by atoms with Gasteiger partial charge in [-0.2, -0.15) is 10.5 Å². The average Bonchev–Trinajstić information content (AvgIpc) is 2.29. The van der Waals surface area contributed by atoms with Crippen LogP contribution in [-0.4, -0.2) is 0 Å². The minimum atomic E-state index is -0.701. The number of hydrogen-bond acceptors (Lipinski definition) is 4. The highest BCUT2D eigenvalue weighted by Crippen LogP contribution is 2.30. The van der Waals surface area contributed by atoms with E-state index in [0.717, 1.165) is 11.1 Å². The van der Waals surface area contributed by atoms with Crippen LogP contribution in [0.3, 0.4) is 0 Å². The monoisotopic (exact) mass is 244 g/mol. The van der Waals surface area contributed by atoms with E-state index < -0.39 is 11.2 Å². The zero-order valence-corrected chi connectivity index (χ0v) is 11.0. The molecule has 0 amide bonds. The summed E-state index contributed by atoms with van der Waals surface area (Å²) in [7, 11) is 0. The maximum atomic E-state index is 8.64. The molecule has 0 saturated carbocycles. The average molecular weight is 244 g/mol. The van der Waals surface area contributed by atoms with E-state index in [1.54, 1.807) is 12.5 Å². The Morgan fingerprint density at radius 2 is 1.28 bits per heavy atom. The van der Waals surface area contributed by atoms with Gasteiger partial charge in [-0.05, 0) is 44.9 Å². The number of nitrogens with zero attached hydrogens (tertiary/aromatic N) is 2. The van der Waals surface area contributed by atoms with Gasteiger partial charge < -0.3 is 9.47 Å². The number of hydrogen-bond donors (Lipinski definition) is 0. The van der Waals surface area contributed by atoms with Crippen LogP contribution in [0, 0.1) is 23.0 Å². The van der Waals surface area contributed by atoms with Crippen LogP contribution in [0.1, 0.15) is 38.8 Å². The fraction of sp³-hybridized carbons (Fsp3) is 0.429. The number of nitriles is 2. The molecule has 0 aliphatic heterocycles. The van der Waals surface area contributed by atoms with Gasteiger partial charge in [-0.3, -0.25) is 0 Å². The quantitative estimate of drug-likeness (QED) is 0.763. The summed E-state index contributed by atoms with van der Waals surface area (Å²) in [5, 5.41) is 17.3. The SMILES string of the molecule is CC(C)(OC#N)c1cccc(C(C)(C)OC#N)c1. The maximum Gasteiger partial charge on any atom is 0.287 e. The molecular weight excluding hydrogens is 228 g/mol. The van der Waals surface area contributed by atoms with Gasteiger partial charge in [0.05, 0.1) is 0 Å². The van der Waals surface area contributed by atoms with E-state index in [9.17, 15) is 0 Å². The van der Waals surface area contributed by atoms with Crippen molar-refractivity contribution in [2.75, 3.05) is 0 Å². The molecular formula is C14H16N2O2. The third-order valence-electron chi connectivity index (χ3n) is 2.85. The highest BCUT2D eigenvalue weighted by atomic mass is 16.5. The predicted octanol–water partition coefficient (Wildman–Crippen LogP) is 3.15. The summed E-state index contributed by atoms with van der Waals surface area (Å²) >= 11 is 0. The van der Waals surface area contributed by atoms with E-state index >= 15 is 0 Å². The molecule has 1 aromatic carbocycles. The van der Waals surface area contributed by atoms with Crippen LogP contribution in [0.4, 0.5) is 0 Å². The molecule has 4 heteroatoms. The second-order valence-corrected chi connectivity index (χ2v) is 4.99. The first-order valence-corrected chi connectivity index (χ1v) is 5.59. The molecule has 18 heavy (non-hydrogen) atoms. The van der Waals surface area contributed by atoms with Crippen LogP contribution in [0.25, 0.3) is 0 Å². The minimum Gasteiger partial charge on any atom is -0.417 e. The third kappa shape index (κ3) is 2.93. The summed E-state index contributed by atoms with van der Waals surface area (Å²) in [6.07, 6.45) is 3.41. The Labute approximate surface area is 107 Å². The minimum absolute atomic E-state index is 0.701. The Morgan fingerprint density at radius 3 is 1.61 bits per heavy atom. The van der Waals surface area contributed by atoms with Crippen molar-refractivity contribution in [3.8, 4) is 12.5 Å². The molecule has 0 bridgehead atoms. The van der Waals surface area contributed by atoms with Crippen molar-refractivity contribution in [2.45, 2.75) is 38.9 Å². The predicted molar refractivity (Wildman–Crippen MR) is 65.9 cm³/mol. The van der Waals surface area contributed by atoms with E-state index in [1.165, 1.54) is 0 Å².